The van der Waals surface area contributed by atoms with Crippen molar-refractivity contribution in [1.82, 2.24) is 10.2 Å². The summed E-state index contributed by atoms with van der Waals surface area (Å²) in [6.07, 6.45) is 6.45. The van der Waals surface area contributed by atoms with Gasteiger partial charge in [-0.25, -0.2) is 0 Å². The highest BCUT2D eigenvalue weighted by Crippen LogP contribution is 2.22. The molecule has 3 atom stereocenters. The van der Waals surface area contributed by atoms with E-state index < -0.39 is 0 Å². The van der Waals surface area contributed by atoms with Crippen molar-refractivity contribution >= 4 is 29.9 Å². The Balaban J connectivity index is 0.00000225. The number of piperidine rings is 1. The highest BCUT2D eigenvalue weighted by atomic mass is 127. The zero-order valence-corrected chi connectivity index (χ0v) is 17.8. The van der Waals surface area contributed by atoms with E-state index in [1.54, 1.807) is 6.26 Å². The molecule has 0 saturated carbocycles. The van der Waals surface area contributed by atoms with Gasteiger partial charge in [0.15, 0.2) is 5.96 Å². The summed E-state index contributed by atoms with van der Waals surface area (Å²) in [4.78, 5) is 7.30. The van der Waals surface area contributed by atoms with Crippen LogP contribution >= 0.6 is 24.0 Å². The van der Waals surface area contributed by atoms with Crippen LogP contribution in [-0.4, -0.2) is 49.7 Å². The van der Waals surface area contributed by atoms with E-state index >= 15 is 0 Å². The van der Waals surface area contributed by atoms with Crippen molar-refractivity contribution in [2.45, 2.75) is 45.6 Å². The van der Waals surface area contributed by atoms with Crippen LogP contribution in [0.1, 0.15) is 38.9 Å². The third-order valence-electron chi connectivity index (χ3n) is 5.34. The van der Waals surface area contributed by atoms with Gasteiger partial charge in [-0.1, -0.05) is 13.8 Å². The van der Waals surface area contributed by atoms with Crippen LogP contribution in [0.5, 0.6) is 0 Å². The van der Waals surface area contributed by atoms with E-state index in [-0.39, 0.29) is 24.0 Å². The zero-order chi connectivity index (χ0) is 16.8. The lowest BCUT2D eigenvalue weighted by atomic mass is 9.89. The van der Waals surface area contributed by atoms with E-state index in [0.29, 0.717) is 12.0 Å². The maximum absolute atomic E-state index is 5.72. The van der Waals surface area contributed by atoms with Crippen LogP contribution in [0.15, 0.2) is 27.8 Å². The highest BCUT2D eigenvalue weighted by Gasteiger charge is 2.25. The molecular formula is C19H32IN3O2. The first-order valence-corrected chi connectivity index (χ1v) is 9.39. The van der Waals surface area contributed by atoms with Crippen LogP contribution in [-0.2, 0) is 11.2 Å². The molecule has 2 aliphatic rings. The van der Waals surface area contributed by atoms with Crippen LogP contribution in [0.25, 0.3) is 0 Å². The Morgan fingerprint density at radius 1 is 1.32 bits per heavy atom. The first-order valence-electron chi connectivity index (χ1n) is 9.39. The Morgan fingerprint density at radius 2 is 2.20 bits per heavy atom. The van der Waals surface area contributed by atoms with Gasteiger partial charge in [-0.2, -0.15) is 0 Å². The summed E-state index contributed by atoms with van der Waals surface area (Å²) >= 11 is 0. The van der Waals surface area contributed by atoms with Crippen LogP contribution in [0.2, 0.25) is 0 Å². The van der Waals surface area contributed by atoms with Gasteiger partial charge in [-0.05, 0) is 43.2 Å². The summed E-state index contributed by atoms with van der Waals surface area (Å²) in [6, 6.07) is 3.96. The van der Waals surface area contributed by atoms with Crippen molar-refractivity contribution in [3.63, 3.8) is 0 Å². The number of guanidine groups is 1. The lowest BCUT2D eigenvalue weighted by molar-refractivity contribution is 0.117. The Labute approximate surface area is 168 Å². The normalized spacial score (nSPS) is 27.2. The molecule has 2 saturated heterocycles. The quantitative estimate of drug-likeness (QED) is 0.414. The number of rotatable bonds is 5. The van der Waals surface area contributed by atoms with E-state index in [0.717, 1.165) is 63.3 Å². The van der Waals surface area contributed by atoms with Crippen molar-refractivity contribution in [2.75, 3.05) is 32.8 Å². The number of likely N-dealkylation sites (tertiary alicyclic amines) is 1. The molecule has 1 aromatic rings. The van der Waals surface area contributed by atoms with Gasteiger partial charge in [0.2, 0.25) is 0 Å². The average Bonchev–Trinajstić information content (AvgIpc) is 3.27. The summed E-state index contributed by atoms with van der Waals surface area (Å²) in [6.45, 7) is 9.37. The maximum atomic E-state index is 5.72. The second-order valence-corrected chi connectivity index (χ2v) is 7.24. The summed E-state index contributed by atoms with van der Waals surface area (Å²) in [5.41, 5.74) is 0. The SMILES string of the molecule is CC1CCN(C(=NCC2CCCO2)NCCc2ccco2)CC1C.I. The molecule has 1 N–H and O–H groups in total. The van der Waals surface area contributed by atoms with Gasteiger partial charge in [0.1, 0.15) is 5.76 Å². The highest BCUT2D eigenvalue weighted by molar-refractivity contribution is 14.0. The van der Waals surface area contributed by atoms with Gasteiger partial charge in [0.05, 0.1) is 18.9 Å². The van der Waals surface area contributed by atoms with Crippen LogP contribution in [0, 0.1) is 11.8 Å². The van der Waals surface area contributed by atoms with Crippen LogP contribution in [0.4, 0.5) is 0 Å². The predicted octanol–water partition coefficient (Wildman–Crippen LogP) is 3.54. The van der Waals surface area contributed by atoms with Gasteiger partial charge >= 0.3 is 0 Å². The minimum Gasteiger partial charge on any atom is -0.469 e. The zero-order valence-electron chi connectivity index (χ0n) is 15.4. The van der Waals surface area contributed by atoms with Crippen molar-refractivity contribution in [1.29, 1.82) is 0 Å². The Morgan fingerprint density at radius 3 is 2.88 bits per heavy atom. The monoisotopic (exact) mass is 461 g/mol. The third kappa shape index (κ3) is 6.16. The van der Waals surface area contributed by atoms with E-state index in [4.69, 9.17) is 14.1 Å². The van der Waals surface area contributed by atoms with Crippen LogP contribution < -0.4 is 5.32 Å². The van der Waals surface area contributed by atoms with Gasteiger partial charge in [-0.3, -0.25) is 4.99 Å². The summed E-state index contributed by atoms with van der Waals surface area (Å²) in [5, 5.41) is 3.55. The molecular weight excluding hydrogens is 429 g/mol. The van der Waals surface area contributed by atoms with Gasteiger partial charge in [-0.15, -0.1) is 24.0 Å². The van der Waals surface area contributed by atoms with Crippen molar-refractivity contribution < 1.29 is 9.15 Å². The minimum absolute atomic E-state index is 0. The fourth-order valence-corrected chi connectivity index (χ4v) is 3.45. The number of halogens is 1. The van der Waals surface area contributed by atoms with Crippen molar-refractivity contribution in [3.8, 4) is 0 Å². The Bertz CT molecular complexity index is 515. The summed E-state index contributed by atoms with van der Waals surface area (Å²) in [5.74, 6) is 3.56. The number of furan rings is 1. The molecule has 3 unspecified atom stereocenters. The largest absolute Gasteiger partial charge is 0.469 e. The molecule has 0 aromatic carbocycles. The first-order chi connectivity index (χ1) is 11.7. The molecule has 0 amide bonds. The summed E-state index contributed by atoms with van der Waals surface area (Å²) < 4.78 is 11.1. The molecule has 0 bridgehead atoms. The first kappa shape index (κ1) is 20.6. The van der Waals surface area contributed by atoms with Crippen LogP contribution in [0.3, 0.4) is 0 Å². The second-order valence-electron chi connectivity index (χ2n) is 7.24. The lowest BCUT2D eigenvalue weighted by Gasteiger charge is -2.37. The molecule has 1 aromatic heterocycles. The van der Waals surface area contributed by atoms with Gasteiger partial charge < -0.3 is 19.4 Å². The third-order valence-corrected chi connectivity index (χ3v) is 5.34. The lowest BCUT2D eigenvalue weighted by Crippen LogP contribution is -2.48. The molecule has 3 heterocycles. The molecule has 5 nitrogen and oxygen atoms in total. The van der Waals surface area contributed by atoms with Gasteiger partial charge in [0, 0.05) is 32.7 Å². The number of hydrogen-bond donors (Lipinski definition) is 1. The topological polar surface area (TPSA) is 50.0 Å². The Kier molecular flexibility index (Phi) is 8.55. The summed E-state index contributed by atoms with van der Waals surface area (Å²) in [7, 11) is 0. The number of aliphatic imine (C=N–C) groups is 1. The maximum Gasteiger partial charge on any atom is 0.194 e. The number of nitrogens with one attached hydrogen (secondary N) is 1. The molecule has 3 rings (SSSR count). The smallest absolute Gasteiger partial charge is 0.194 e. The van der Waals surface area contributed by atoms with Crippen molar-refractivity contribution in [3.05, 3.63) is 24.2 Å². The standard InChI is InChI=1S/C19H31N3O2.HI/c1-15-8-10-22(14-16(15)2)19(21-13-18-6-4-12-24-18)20-9-7-17-5-3-11-23-17;/h3,5,11,15-16,18H,4,6-10,12-14H2,1-2H3,(H,20,21);1H. The Hall–Kier alpha value is -0.760. The molecule has 25 heavy (non-hydrogen) atoms. The van der Waals surface area contributed by atoms with E-state index in [2.05, 4.69) is 24.1 Å². The number of hydrogen-bond acceptors (Lipinski definition) is 3. The number of ether oxygens (including phenoxy) is 1. The van der Waals surface area contributed by atoms with Crippen molar-refractivity contribution in [2.24, 2.45) is 16.8 Å². The molecule has 2 fully saturated rings. The molecule has 2 aliphatic heterocycles. The average molecular weight is 461 g/mol. The van der Waals surface area contributed by atoms with E-state index in [1.165, 1.54) is 12.8 Å². The molecule has 6 heteroatoms. The predicted molar refractivity (Wildman–Crippen MR) is 112 cm³/mol. The van der Waals surface area contributed by atoms with E-state index in [1.807, 2.05) is 12.1 Å². The molecule has 0 aliphatic carbocycles. The molecule has 142 valence electrons. The van der Waals surface area contributed by atoms with Gasteiger partial charge in [0.25, 0.3) is 0 Å². The molecule has 0 spiro atoms. The number of nitrogens with zero attached hydrogens (tertiary/aromatic N) is 2. The molecule has 0 radical (unpaired) electrons. The minimum atomic E-state index is 0. The fraction of sp³-hybridized carbons (Fsp3) is 0.737. The second kappa shape index (κ2) is 10.4. The van der Waals surface area contributed by atoms with E-state index in [9.17, 15) is 0 Å². The fourth-order valence-electron chi connectivity index (χ4n) is 3.45.